The molecule has 1 aliphatic heterocycles. The Morgan fingerprint density at radius 2 is 1.78 bits per heavy atom. The lowest BCUT2D eigenvalue weighted by atomic mass is 9.77. The Morgan fingerprint density at radius 1 is 1.11 bits per heavy atom. The Morgan fingerprint density at radius 3 is 2.37 bits per heavy atom. The normalized spacial score (nSPS) is 25.4. The Balaban J connectivity index is 2.17. The topological polar surface area (TPSA) is 81.6 Å². The van der Waals surface area contributed by atoms with E-state index < -0.39 is 34.8 Å². The molecule has 0 radical (unpaired) electrons. The number of rotatable bonds is 3. The zero-order valence-corrected chi connectivity index (χ0v) is 14.5. The third kappa shape index (κ3) is 3.47. The summed E-state index contributed by atoms with van der Waals surface area (Å²) in [7, 11) is 0. The summed E-state index contributed by atoms with van der Waals surface area (Å²) < 4.78 is 41.4. The lowest BCUT2D eigenvalue weighted by Crippen LogP contribution is -2.72. The van der Waals surface area contributed by atoms with Crippen molar-refractivity contribution >= 4 is 23.1 Å². The van der Waals surface area contributed by atoms with Crippen LogP contribution < -0.4 is 10.6 Å². The molecule has 142 valence electrons. The highest BCUT2D eigenvalue weighted by atomic mass is 32.1. The molecule has 0 spiro atoms. The number of halogens is 3. The summed E-state index contributed by atoms with van der Waals surface area (Å²) in [6, 6.07) is 11.5. The van der Waals surface area contributed by atoms with Gasteiger partial charge in [0, 0.05) is 5.56 Å². The first-order valence-corrected chi connectivity index (χ1v) is 8.30. The van der Waals surface area contributed by atoms with Gasteiger partial charge in [-0.25, -0.2) is 0 Å². The minimum Gasteiger partial charge on any atom is -0.508 e. The Kier molecular flexibility index (Phi) is 4.83. The molecule has 5 nitrogen and oxygen atoms in total. The monoisotopic (exact) mass is 396 g/mol. The number of Topliss-reactive ketones (excluding diaryl/α,β-unsaturated/α-hetero) is 1. The Labute approximate surface area is 157 Å². The van der Waals surface area contributed by atoms with Crippen LogP contribution in [0.3, 0.4) is 0 Å². The van der Waals surface area contributed by atoms with E-state index in [2.05, 4.69) is 5.32 Å². The number of carbonyl (C=O) groups excluding carboxylic acids is 1. The number of aromatic hydroxyl groups is 1. The number of hydrogen-bond acceptors (Lipinski definition) is 4. The number of hydrogen-bond donors (Lipinski definition) is 4. The van der Waals surface area contributed by atoms with E-state index in [1.54, 1.807) is 6.07 Å². The number of alkyl halides is 3. The molecule has 0 amide bonds. The minimum absolute atomic E-state index is 0.00625. The molecule has 1 aliphatic rings. The molecule has 0 saturated carbocycles. The number of carbonyl (C=O) groups is 1. The molecule has 0 unspecified atom stereocenters. The second-order valence-corrected chi connectivity index (χ2v) is 6.55. The first-order chi connectivity index (χ1) is 12.6. The lowest BCUT2D eigenvalue weighted by Gasteiger charge is -2.46. The number of thiocarbonyl (C=S) groups is 1. The molecule has 2 aromatic rings. The molecular weight excluding hydrogens is 381 g/mol. The molecule has 3 rings (SSSR count). The van der Waals surface area contributed by atoms with Crippen LogP contribution in [0, 0.1) is 5.92 Å². The molecule has 4 N–H and O–H groups in total. The van der Waals surface area contributed by atoms with Crippen LogP contribution in [0.1, 0.15) is 22.0 Å². The zero-order valence-electron chi connectivity index (χ0n) is 13.7. The average Bonchev–Trinajstić information content (AvgIpc) is 2.60. The van der Waals surface area contributed by atoms with Crippen molar-refractivity contribution in [3.05, 3.63) is 65.7 Å². The Hall–Kier alpha value is -2.65. The van der Waals surface area contributed by atoms with E-state index in [4.69, 9.17) is 12.2 Å². The molecule has 1 saturated heterocycles. The van der Waals surface area contributed by atoms with Gasteiger partial charge >= 0.3 is 6.18 Å². The van der Waals surface area contributed by atoms with Gasteiger partial charge in [-0.15, -0.1) is 0 Å². The SMILES string of the molecule is O=C(c1ccccc1)[C@@H]1[C@@H](c2cccc(O)c2)NC(=S)N[C@]1(O)C(F)(F)F. The maximum atomic E-state index is 13.8. The van der Waals surface area contributed by atoms with Crippen LogP contribution in [0.15, 0.2) is 54.6 Å². The maximum absolute atomic E-state index is 13.8. The van der Waals surface area contributed by atoms with E-state index in [1.165, 1.54) is 48.5 Å². The average molecular weight is 396 g/mol. The highest BCUT2D eigenvalue weighted by molar-refractivity contribution is 7.80. The van der Waals surface area contributed by atoms with E-state index in [-0.39, 0.29) is 16.9 Å². The van der Waals surface area contributed by atoms with Crippen LogP contribution in [-0.4, -0.2) is 33.0 Å². The number of aliphatic hydroxyl groups is 1. The number of nitrogens with one attached hydrogen (secondary N) is 2. The summed E-state index contributed by atoms with van der Waals surface area (Å²) in [5.74, 6) is -3.11. The smallest absolute Gasteiger partial charge is 0.437 e. The zero-order chi connectivity index (χ0) is 19.8. The van der Waals surface area contributed by atoms with Gasteiger partial charge in [0.1, 0.15) is 11.7 Å². The van der Waals surface area contributed by atoms with E-state index in [9.17, 15) is 28.2 Å². The summed E-state index contributed by atoms with van der Waals surface area (Å²) in [4.78, 5) is 13.0. The van der Waals surface area contributed by atoms with Crippen LogP contribution in [0.5, 0.6) is 5.75 Å². The first kappa shape index (κ1) is 19.1. The molecule has 0 aliphatic carbocycles. The van der Waals surface area contributed by atoms with Crippen LogP contribution in [0.2, 0.25) is 0 Å². The highest BCUT2D eigenvalue weighted by Crippen LogP contribution is 2.44. The Bertz CT molecular complexity index is 876. The molecule has 27 heavy (non-hydrogen) atoms. The van der Waals surface area contributed by atoms with E-state index in [0.717, 1.165) is 0 Å². The van der Waals surface area contributed by atoms with E-state index in [0.29, 0.717) is 0 Å². The van der Waals surface area contributed by atoms with Gasteiger partial charge in [-0.3, -0.25) is 4.79 Å². The largest absolute Gasteiger partial charge is 0.508 e. The van der Waals surface area contributed by atoms with Crippen molar-refractivity contribution in [1.82, 2.24) is 10.6 Å². The highest BCUT2D eigenvalue weighted by Gasteiger charge is 2.65. The molecular formula is C18H15F3N2O3S. The summed E-state index contributed by atoms with van der Waals surface area (Å²) >= 11 is 4.83. The van der Waals surface area contributed by atoms with Crippen molar-refractivity contribution in [3.8, 4) is 5.75 Å². The molecule has 1 fully saturated rings. The van der Waals surface area contributed by atoms with Crippen molar-refractivity contribution in [2.24, 2.45) is 5.92 Å². The molecule has 9 heteroatoms. The van der Waals surface area contributed by atoms with Crippen LogP contribution >= 0.6 is 12.2 Å². The number of phenols is 1. The van der Waals surface area contributed by atoms with Gasteiger partial charge in [-0.05, 0) is 29.9 Å². The van der Waals surface area contributed by atoms with Gasteiger partial charge < -0.3 is 20.8 Å². The second kappa shape index (κ2) is 6.82. The fraction of sp³-hybridized carbons (Fsp3) is 0.222. The van der Waals surface area contributed by atoms with Gasteiger partial charge in [0.2, 0.25) is 5.72 Å². The molecule has 2 aromatic carbocycles. The summed E-state index contributed by atoms with van der Waals surface area (Å²) in [5.41, 5.74) is -3.40. The fourth-order valence-electron chi connectivity index (χ4n) is 3.12. The quantitative estimate of drug-likeness (QED) is 0.472. The third-order valence-corrected chi connectivity index (χ3v) is 4.60. The van der Waals surface area contributed by atoms with Crippen LogP contribution in [0.4, 0.5) is 13.2 Å². The van der Waals surface area contributed by atoms with Crippen LogP contribution in [-0.2, 0) is 0 Å². The van der Waals surface area contributed by atoms with Gasteiger partial charge in [-0.2, -0.15) is 13.2 Å². The maximum Gasteiger partial charge on any atom is 0.437 e. The molecule has 0 bridgehead atoms. The van der Waals surface area contributed by atoms with Crippen molar-refractivity contribution in [2.45, 2.75) is 17.9 Å². The predicted octanol–water partition coefficient (Wildman–Crippen LogP) is 2.66. The van der Waals surface area contributed by atoms with Crippen molar-refractivity contribution in [1.29, 1.82) is 0 Å². The summed E-state index contributed by atoms with van der Waals surface area (Å²) in [5, 5.41) is 24.2. The van der Waals surface area contributed by atoms with Gasteiger partial charge in [0.15, 0.2) is 10.9 Å². The van der Waals surface area contributed by atoms with Crippen molar-refractivity contribution in [2.75, 3.05) is 0 Å². The number of benzene rings is 2. The number of ketones is 1. The predicted molar refractivity (Wildman–Crippen MR) is 95.0 cm³/mol. The minimum atomic E-state index is -5.19. The van der Waals surface area contributed by atoms with Crippen molar-refractivity contribution < 1.29 is 28.2 Å². The lowest BCUT2D eigenvalue weighted by molar-refractivity contribution is -0.285. The van der Waals surface area contributed by atoms with Gasteiger partial charge in [-0.1, -0.05) is 42.5 Å². The number of phenolic OH excluding ortho intramolecular Hbond substituents is 1. The first-order valence-electron chi connectivity index (χ1n) is 7.89. The third-order valence-electron chi connectivity index (χ3n) is 4.38. The fourth-order valence-corrected chi connectivity index (χ4v) is 3.40. The van der Waals surface area contributed by atoms with E-state index in [1.807, 2.05) is 5.32 Å². The van der Waals surface area contributed by atoms with Crippen molar-refractivity contribution in [3.63, 3.8) is 0 Å². The van der Waals surface area contributed by atoms with E-state index >= 15 is 0 Å². The molecule has 3 atom stereocenters. The van der Waals surface area contributed by atoms with Gasteiger partial charge in [0.05, 0.1) is 6.04 Å². The molecule has 0 aromatic heterocycles. The molecule has 1 heterocycles. The standard InChI is InChI=1S/C18H15F3N2O3S/c19-18(20,21)17(26)13(15(25)10-5-2-1-3-6-10)14(22-16(27)23-17)11-7-4-8-12(24)9-11/h1-9,13-14,24,26H,(H2,22,23,27)/t13-,14+,17+/m0/s1. The summed E-state index contributed by atoms with van der Waals surface area (Å²) in [6.45, 7) is 0. The van der Waals surface area contributed by atoms with Gasteiger partial charge in [0.25, 0.3) is 0 Å². The second-order valence-electron chi connectivity index (χ2n) is 6.14. The summed E-state index contributed by atoms with van der Waals surface area (Å²) in [6.07, 6.45) is -5.19. The van der Waals surface area contributed by atoms with Crippen LogP contribution in [0.25, 0.3) is 0 Å².